The third-order valence-electron chi connectivity index (χ3n) is 2.55. The van der Waals surface area contributed by atoms with Crippen LogP contribution in [-0.4, -0.2) is 37.5 Å². The number of aromatic hydroxyl groups is 3. The zero-order valence-electron chi connectivity index (χ0n) is 11.7. The van der Waals surface area contributed by atoms with Crippen LogP contribution in [0.15, 0.2) is 48.5 Å². The minimum absolute atomic E-state index is 0.0671. The Morgan fingerprint density at radius 2 is 1.48 bits per heavy atom. The SMILES string of the molecule is O=C(O)/C=C/c1ccc(O)c(O)c1.O=C(O)c1ccccc1O. The first-order valence-electron chi connectivity index (χ1n) is 6.25. The van der Waals surface area contributed by atoms with Gasteiger partial charge in [0.15, 0.2) is 11.5 Å². The van der Waals surface area contributed by atoms with E-state index in [1.165, 1.54) is 36.4 Å². The van der Waals surface area contributed by atoms with Crippen LogP contribution in [-0.2, 0) is 4.79 Å². The van der Waals surface area contributed by atoms with Crippen LogP contribution >= 0.6 is 0 Å². The predicted octanol–water partition coefficient (Wildman–Crippen LogP) is 2.29. The van der Waals surface area contributed by atoms with Crippen LogP contribution in [0, 0.1) is 0 Å². The van der Waals surface area contributed by atoms with Gasteiger partial charge in [-0.3, -0.25) is 0 Å². The normalized spacial score (nSPS) is 9.91. The lowest BCUT2D eigenvalue weighted by Crippen LogP contribution is -1.95. The van der Waals surface area contributed by atoms with Crippen molar-refractivity contribution >= 4 is 18.0 Å². The van der Waals surface area contributed by atoms with Crippen LogP contribution in [0.4, 0.5) is 0 Å². The van der Waals surface area contributed by atoms with Gasteiger partial charge in [0.2, 0.25) is 0 Å². The fraction of sp³-hybridized carbons (Fsp3) is 0. The van der Waals surface area contributed by atoms with E-state index in [1.54, 1.807) is 12.1 Å². The quantitative estimate of drug-likeness (QED) is 0.432. The number of phenolic OH excluding ortho intramolecular Hbond substituents is 2. The van der Waals surface area contributed by atoms with Crippen LogP contribution in [0.5, 0.6) is 17.2 Å². The van der Waals surface area contributed by atoms with Crippen LogP contribution < -0.4 is 0 Å². The molecule has 5 N–H and O–H groups in total. The summed E-state index contributed by atoms with van der Waals surface area (Å²) in [7, 11) is 0. The van der Waals surface area contributed by atoms with E-state index in [0.717, 1.165) is 6.08 Å². The van der Waals surface area contributed by atoms with Crippen LogP contribution in [0.2, 0.25) is 0 Å². The van der Waals surface area contributed by atoms with E-state index in [0.29, 0.717) is 5.56 Å². The van der Waals surface area contributed by atoms with Crippen LogP contribution in [0.1, 0.15) is 15.9 Å². The van der Waals surface area contributed by atoms with Crippen molar-refractivity contribution in [3.8, 4) is 17.2 Å². The van der Waals surface area contributed by atoms with Crippen molar-refractivity contribution in [3.63, 3.8) is 0 Å². The average Bonchev–Trinajstić information content (AvgIpc) is 2.49. The Balaban J connectivity index is 0.000000238. The average molecular weight is 318 g/mol. The monoisotopic (exact) mass is 318 g/mol. The number of carbonyl (C=O) groups is 2. The molecule has 23 heavy (non-hydrogen) atoms. The van der Waals surface area contributed by atoms with Gasteiger partial charge < -0.3 is 25.5 Å². The summed E-state index contributed by atoms with van der Waals surface area (Å²) in [4.78, 5) is 20.4. The number of aliphatic carboxylic acids is 1. The minimum atomic E-state index is -1.11. The van der Waals surface area contributed by atoms with Crippen molar-refractivity contribution in [2.75, 3.05) is 0 Å². The summed E-state index contributed by atoms with van der Waals surface area (Å²) >= 11 is 0. The summed E-state index contributed by atoms with van der Waals surface area (Å²) in [6, 6.07) is 9.87. The second kappa shape index (κ2) is 8.08. The van der Waals surface area contributed by atoms with E-state index in [-0.39, 0.29) is 22.8 Å². The highest BCUT2D eigenvalue weighted by Gasteiger charge is 2.05. The second-order valence-electron chi connectivity index (χ2n) is 4.24. The maximum atomic E-state index is 10.3. The highest BCUT2D eigenvalue weighted by molar-refractivity contribution is 5.90. The Labute approximate surface area is 131 Å². The van der Waals surface area contributed by atoms with Gasteiger partial charge in [-0.05, 0) is 35.9 Å². The van der Waals surface area contributed by atoms with Crippen molar-refractivity contribution in [2.45, 2.75) is 0 Å². The molecule has 7 nitrogen and oxygen atoms in total. The molecule has 0 heterocycles. The first-order valence-corrected chi connectivity index (χ1v) is 6.25. The van der Waals surface area contributed by atoms with E-state index >= 15 is 0 Å². The van der Waals surface area contributed by atoms with E-state index < -0.39 is 11.9 Å². The predicted molar refractivity (Wildman–Crippen MR) is 81.5 cm³/mol. The van der Waals surface area contributed by atoms with E-state index in [4.69, 9.17) is 25.5 Å². The van der Waals surface area contributed by atoms with Gasteiger partial charge in [0.25, 0.3) is 0 Å². The van der Waals surface area contributed by atoms with Crippen molar-refractivity contribution in [3.05, 3.63) is 59.7 Å². The van der Waals surface area contributed by atoms with Gasteiger partial charge in [-0.15, -0.1) is 0 Å². The van der Waals surface area contributed by atoms with Crippen molar-refractivity contribution in [2.24, 2.45) is 0 Å². The fourth-order valence-electron chi connectivity index (χ4n) is 1.47. The standard InChI is InChI=1S/C9H8O4.C7H6O3/c10-7-3-1-6(5-8(7)11)2-4-9(12)13;8-6-4-2-1-3-5(6)7(9)10/h1-5,10-11H,(H,12,13);1-4,8H,(H,9,10)/b4-2+;. The molecular formula is C16H14O7. The van der Waals surface area contributed by atoms with E-state index in [2.05, 4.69) is 0 Å². The van der Waals surface area contributed by atoms with Crippen LogP contribution in [0.25, 0.3) is 6.08 Å². The van der Waals surface area contributed by atoms with E-state index in [1.807, 2.05) is 0 Å². The summed E-state index contributed by atoms with van der Waals surface area (Å²) in [5.74, 6) is -2.87. The zero-order valence-corrected chi connectivity index (χ0v) is 11.7. The molecule has 0 aliphatic carbocycles. The lowest BCUT2D eigenvalue weighted by atomic mass is 10.2. The smallest absolute Gasteiger partial charge is 0.339 e. The van der Waals surface area contributed by atoms with Crippen molar-refractivity contribution in [1.82, 2.24) is 0 Å². The Morgan fingerprint density at radius 1 is 0.826 bits per heavy atom. The molecule has 0 saturated carbocycles. The molecule has 7 heteroatoms. The molecule has 0 aliphatic rings. The molecule has 0 fully saturated rings. The molecule has 0 aliphatic heterocycles. The number of phenols is 3. The first kappa shape index (κ1) is 17.6. The molecule has 0 saturated heterocycles. The number of hydrogen-bond donors (Lipinski definition) is 5. The number of carboxylic acid groups (broad SMARTS) is 2. The molecule has 2 aromatic rings. The summed E-state index contributed by atoms with van der Waals surface area (Å²) in [6.45, 7) is 0. The highest BCUT2D eigenvalue weighted by Crippen LogP contribution is 2.25. The molecule has 120 valence electrons. The molecule has 0 amide bonds. The van der Waals surface area contributed by atoms with Crippen molar-refractivity contribution < 1.29 is 35.1 Å². The third kappa shape index (κ3) is 5.80. The summed E-state index contributed by atoms with van der Waals surface area (Å²) < 4.78 is 0. The molecule has 0 aromatic heterocycles. The zero-order chi connectivity index (χ0) is 17.4. The number of carboxylic acids is 2. The minimum Gasteiger partial charge on any atom is -0.507 e. The number of aromatic carboxylic acids is 1. The van der Waals surface area contributed by atoms with Gasteiger partial charge in [0.1, 0.15) is 11.3 Å². The summed E-state index contributed by atoms with van der Waals surface area (Å²) in [5.41, 5.74) is 0.445. The third-order valence-corrected chi connectivity index (χ3v) is 2.55. The Bertz CT molecular complexity index is 735. The Kier molecular flexibility index (Phi) is 6.17. The molecule has 0 unspecified atom stereocenters. The second-order valence-corrected chi connectivity index (χ2v) is 4.24. The topological polar surface area (TPSA) is 135 Å². The molecular weight excluding hydrogens is 304 g/mol. The molecule has 0 bridgehead atoms. The number of benzene rings is 2. The number of para-hydroxylation sites is 1. The Hall–Kier alpha value is -3.48. The fourth-order valence-corrected chi connectivity index (χ4v) is 1.47. The number of hydrogen-bond acceptors (Lipinski definition) is 5. The lowest BCUT2D eigenvalue weighted by molar-refractivity contribution is -0.131. The summed E-state index contributed by atoms with van der Waals surface area (Å²) in [5, 5.41) is 43.6. The van der Waals surface area contributed by atoms with Gasteiger partial charge in [-0.2, -0.15) is 0 Å². The summed E-state index contributed by atoms with van der Waals surface area (Å²) in [6.07, 6.45) is 2.27. The molecule has 2 rings (SSSR count). The maximum absolute atomic E-state index is 10.3. The van der Waals surface area contributed by atoms with Gasteiger partial charge in [0, 0.05) is 6.08 Å². The Morgan fingerprint density at radius 3 is 1.96 bits per heavy atom. The molecule has 0 radical (unpaired) electrons. The van der Waals surface area contributed by atoms with Gasteiger partial charge in [0.05, 0.1) is 0 Å². The maximum Gasteiger partial charge on any atom is 0.339 e. The molecule has 0 spiro atoms. The largest absolute Gasteiger partial charge is 0.507 e. The van der Waals surface area contributed by atoms with Crippen LogP contribution in [0.3, 0.4) is 0 Å². The molecule has 2 aromatic carbocycles. The van der Waals surface area contributed by atoms with Gasteiger partial charge >= 0.3 is 11.9 Å². The van der Waals surface area contributed by atoms with Crippen molar-refractivity contribution in [1.29, 1.82) is 0 Å². The lowest BCUT2D eigenvalue weighted by Gasteiger charge is -1.97. The number of rotatable bonds is 3. The van der Waals surface area contributed by atoms with E-state index in [9.17, 15) is 9.59 Å². The van der Waals surface area contributed by atoms with Gasteiger partial charge in [-0.1, -0.05) is 18.2 Å². The molecule has 0 atom stereocenters. The highest BCUT2D eigenvalue weighted by atomic mass is 16.4. The van der Waals surface area contributed by atoms with Gasteiger partial charge in [-0.25, -0.2) is 9.59 Å². The first-order chi connectivity index (χ1) is 10.8.